The van der Waals surface area contributed by atoms with Gasteiger partial charge < -0.3 is 15.3 Å². The molecule has 1 saturated heterocycles. The summed E-state index contributed by atoms with van der Waals surface area (Å²) in [4.78, 5) is 27.2. The Morgan fingerprint density at radius 3 is 2.25 bits per heavy atom. The number of nitrogens with zero attached hydrogens (tertiary/aromatic N) is 1. The average molecular weight is 741 g/mol. The molecule has 9 heteroatoms. The highest BCUT2D eigenvalue weighted by Crippen LogP contribution is 2.76. The van der Waals surface area contributed by atoms with Crippen LogP contribution in [0.1, 0.15) is 119 Å². The van der Waals surface area contributed by atoms with Crippen molar-refractivity contribution in [1.29, 1.82) is 0 Å². The number of amides is 1. The second-order valence-corrected chi connectivity index (χ2v) is 22.2. The number of hydrogen-bond acceptors (Lipinski definition) is 5. The van der Waals surface area contributed by atoms with Gasteiger partial charge in [0.25, 0.3) is 0 Å². The number of fused-ring (bicyclic) bond motifs is 7. The lowest BCUT2D eigenvalue weighted by Gasteiger charge is -2.72. The van der Waals surface area contributed by atoms with Gasteiger partial charge in [0.2, 0.25) is 5.91 Å². The van der Waals surface area contributed by atoms with E-state index >= 15 is 0 Å². The first-order chi connectivity index (χ1) is 24.3. The molecule has 7 nitrogen and oxygen atoms in total. The highest BCUT2D eigenvalue weighted by Gasteiger charge is 2.70. The van der Waals surface area contributed by atoms with Gasteiger partial charge in [-0.2, -0.15) is 0 Å². The summed E-state index contributed by atoms with van der Waals surface area (Å²) in [6, 6.07) is 0. The number of carboxylic acid groups (broad SMARTS) is 1. The minimum Gasteiger partial charge on any atom is -0.481 e. The minimum atomic E-state index is -3.05. The van der Waals surface area contributed by atoms with Gasteiger partial charge in [-0.1, -0.05) is 58.9 Å². The molecule has 0 aromatic heterocycles. The van der Waals surface area contributed by atoms with Crippen LogP contribution in [-0.2, 0) is 19.4 Å². The van der Waals surface area contributed by atoms with Gasteiger partial charge in [-0.05, 0) is 146 Å². The van der Waals surface area contributed by atoms with E-state index in [1.54, 1.807) is 4.90 Å². The Morgan fingerprint density at radius 1 is 0.923 bits per heavy atom. The van der Waals surface area contributed by atoms with Crippen LogP contribution in [0.4, 0.5) is 4.39 Å². The van der Waals surface area contributed by atoms with Crippen molar-refractivity contribution in [3.63, 3.8) is 0 Å². The maximum atomic E-state index is 14.0. The molecule has 290 valence electrons. The summed E-state index contributed by atoms with van der Waals surface area (Å²) in [5.74, 6) is 1.63. The molecule has 1 unspecified atom stereocenters. The molecule has 0 bridgehead atoms. The maximum absolute atomic E-state index is 14.0. The zero-order valence-electron chi connectivity index (χ0n) is 32.8. The van der Waals surface area contributed by atoms with Crippen LogP contribution >= 0.6 is 0 Å². The lowest BCUT2D eigenvalue weighted by molar-refractivity contribution is -0.221. The van der Waals surface area contributed by atoms with E-state index in [1.165, 1.54) is 42.4 Å². The lowest BCUT2D eigenvalue weighted by atomic mass is 9.33. The van der Waals surface area contributed by atoms with E-state index in [0.717, 1.165) is 32.1 Å². The fourth-order valence-corrected chi connectivity index (χ4v) is 15.6. The first kappa shape index (κ1) is 38.3. The molecule has 7 aliphatic rings. The number of aliphatic carboxylic acids is 1. The summed E-state index contributed by atoms with van der Waals surface area (Å²) in [6.07, 6.45) is 16.0. The smallest absolute Gasteiger partial charge is 0.312 e. The quantitative estimate of drug-likeness (QED) is 0.257. The lowest BCUT2D eigenvalue weighted by Crippen LogP contribution is -2.68. The summed E-state index contributed by atoms with van der Waals surface area (Å²) in [5.41, 5.74) is 2.95. The van der Waals surface area contributed by atoms with Gasteiger partial charge in [0.15, 0.2) is 9.84 Å². The second kappa shape index (κ2) is 12.8. The van der Waals surface area contributed by atoms with Crippen molar-refractivity contribution in [2.24, 2.45) is 56.7 Å². The van der Waals surface area contributed by atoms with Crippen molar-refractivity contribution in [3.8, 4) is 0 Å². The van der Waals surface area contributed by atoms with Crippen LogP contribution in [0.3, 0.4) is 0 Å². The molecule has 5 fully saturated rings. The standard InChI is InChI=1S/C43H65FN2O5S/c1-28(2)30-12-19-43(45-26-35(47)46-22-24-52(50,51)25-23-46)21-20-40(6)32(36(30)43)8-9-34-39(5)15-13-31(38(3,4)33(39)14-16-41(34,40)7)29-10-17-42(27-44,18-11-29)37(48)49/h10,13,30,32-34,36,45H,1,8-9,11-12,14-27H2,2-7H3,(H,48,49)/t30?,32-,33+,34-,36-,39+,40-,41-,42+,43+/m1/s1. The van der Waals surface area contributed by atoms with Crippen molar-refractivity contribution in [2.45, 2.75) is 124 Å². The van der Waals surface area contributed by atoms with Crippen LogP contribution in [0.15, 0.2) is 35.5 Å². The molecule has 0 radical (unpaired) electrons. The fourth-order valence-electron chi connectivity index (χ4n) is 14.4. The summed E-state index contributed by atoms with van der Waals surface area (Å²) >= 11 is 0. The van der Waals surface area contributed by atoms with Crippen molar-refractivity contribution in [2.75, 3.05) is 37.8 Å². The third-order valence-electron chi connectivity index (χ3n) is 17.6. The van der Waals surface area contributed by atoms with Crippen LogP contribution in [0.2, 0.25) is 0 Å². The molecular formula is C43H65FN2O5S. The maximum Gasteiger partial charge on any atom is 0.312 e. The number of allylic oxidation sites excluding steroid dienone is 5. The Labute approximate surface area is 312 Å². The van der Waals surface area contributed by atoms with Crippen LogP contribution in [0.25, 0.3) is 0 Å². The molecule has 4 saturated carbocycles. The Bertz CT molecular complexity index is 1670. The number of sulfone groups is 1. The van der Waals surface area contributed by atoms with E-state index in [9.17, 15) is 27.5 Å². The first-order valence-electron chi connectivity index (χ1n) is 20.4. The van der Waals surface area contributed by atoms with Gasteiger partial charge in [0.05, 0.1) is 23.5 Å². The van der Waals surface area contributed by atoms with E-state index in [2.05, 4.69) is 65.6 Å². The number of hydrogen-bond donors (Lipinski definition) is 2. The van der Waals surface area contributed by atoms with Gasteiger partial charge in [0.1, 0.15) is 6.67 Å². The number of alkyl halides is 1. The third-order valence-corrected chi connectivity index (χ3v) is 19.2. The zero-order chi connectivity index (χ0) is 37.7. The summed E-state index contributed by atoms with van der Waals surface area (Å²) in [7, 11) is -3.05. The van der Waals surface area contributed by atoms with Crippen molar-refractivity contribution >= 4 is 21.7 Å². The van der Waals surface area contributed by atoms with E-state index in [1.807, 2.05) is 0 Å². The predicted molar refractivity (Wildman–Crippen MR) is 204 cm³/mol. The van der Waals surface area contributed by atoms with E-state index in [-0.39, 0.29) is 57.6 Å². The van der Waals surface area contributed by atoms with E-state index in [4.69, 9.17) is 0 Å². The molecule has 0 spiro atoms. The number of rotatable bonds is 7. The van der Waals surface area contributed by atoms with Crippen LogP contribution in [0, 0.1) is 56.7 Å². The summed E-state index contributed by atoms with van der Waals surface area (Å²) in [5, 5.41) is 13.7. The molecular weight excluding hydrogens is 676 g/mol. The molecule has 2 N–H and O–H groups in total. The average Bonchev–Trinajstić information content (AvgIpc) is 3.48. The highest BCUT2D eigenvalue weighted by atomic mass is 32.2. The van der Waals surface area contributed by atoms with Gasteiger partial charge >= 0.3 is 5.97 Å². The second-order valence-electron chi connectivity index (χ2n) is 19.9. The molecule has 1 amide bonds. The van der Waals surface area contributed by atoms with Gasteiger partial charge in [-0.15, -0.1) is 0 Å². The Balaban J connectivity index is 1.14. The SMILES string of the molecule is C=C(C)C1CC[C@]2(NCC(=O)N3CCS(=O)(=O)CC3)CC[C@]3(C)[C@H](CC[C@@H]4[C@@]5(C)CC=C(C6=CC[C@](CF)(C(=O)O)CC6)C(C)(C)[C@@H]5CC[C@]43C)[C@@H]12. The molecule has 1 heterocycles. The topological polar surface area (TPSA) is 104 Å². The molecule has 0 aromatic rings. The predicted octanol–water partition coefficient (Wildman–Crippen LogP) is 7.93. The van der Waals surface area contributed by atoms with Crippen LogP contribution < -0.4 is 5.32 Å². The zero-order valence-corrected chi connectivity index (χ0v) is 33.6. The number of carbonyl (C=O) groups is 2. The van der Waals surface area contributed by atoms with Crippen LogP contribution in [-0.4, -0.2) is 73.7 Å². The third kappa shape index (κ3) is 5.57. The number of halogens is 1. The van der Waals surface area contributed by atoms with Crippen molar-refractivity contribution in [3.05, 3.63) is 35.5 Å². The largest absolute Gasteiger partial charge is 0.481 e. The molecule has 1 aliphatic heterocycles. The molecule has 0 aromatic carbocycles. The molecule has 6 aliphatic carbocycles. The number of carbonyl (C=O) groups excluding carboxylic acids is 1. The van der Waals surface area contributed by atoms with Gasteiger partial charge in [0, 0.05) is 18.6 Å². The molecule has 10 atom stereocenters. The fraction of sp³-hybridized carbons (Fsp3) is 0.814. The minimum absolute atomic E-state index is 0.0250. The Kier molecular flexibility index (Phi) is 9.41. The first-order valence-corrected chi connectivity index (χ1v) is 22.2. The Morgan fingerprint density at radius 2 is 1.63 bits per heavy atom. The van der Waals surface area contributed by atoms with Crippen molar-refractivity contribution < 1.29 is 27.5 Å². The molecule has 7 rings (SSSR count). The van der Waals surface area contributed by atoms with Crippen LogP contribution in [0.5, 0.6) is 0 Å². The van der Waals surface area contributed by atoms with Gasteiger partial charge in [-0.25, -0.2) is 12.8 Å². The van der Waals surface area contributed by atoms with Crippen molar-refractivity contribution in [1.82, 2.24) is 10.2 Å². The monoisotopic (exact) mass is 740 g/mol. The van der Waals surface area contributed by atoms with E-state index in [0.29, 0.717) is 55.5 Å². The summed E-state index contributed by atoms with van der Waals surface area (Å²) < 4.78 is 38.0. The normalized spacial score (nSPS) is 45.0. The van der Waals surface area contributed by atoms with E-state index < -0.39 is 27.9 Å². The number of carboxylic acids is 1. The number of nitrogens with one attached hydrogen (secondary N) is 1. The Hall–Kier alpha value is -2.00. The highest BCUT2D eigenvalue weighted by molar-refractivity contribution is 7.91. The molecule has 52 heavy (non-hydrogen) atoms. The van der Waals surface area contributed by atoms with Gasteiger partial charge in [-0.3, -0.25) is 9.59 Å². The summed E-state index contributed by atoms with van der Waals surface area (Å²) in [6.45, 7) is 19.5.